The van der Waals surface area contributed by atoms with E-state index in [1.54, 1.807) is 12.1 Å². The molecule has 4 nitrogen and oxygen atoms in total. The molecule has 0 saturated carbocycles. The number of benzene rings is 2. The van der Waals surface area contributed by atoms with E-state index in [-0.39, 0.29) is 42.1 Å². The zero-order valence-electron chi connectivity index (χ0n) is 15.2. The summed E-state index contributed by atoms with van der Waals surface area (Å²) in [5.74, 6) is 0.165. The summed E-state index contributed by atoms with van der Waals surface area (Å²) in [6.45, 7) is 5.94. The highest BCUT2D eigenvalue weighted by atomic mass is 35.5. The zero-order valence-corrected chi connectivity index (χ0v) is 16.1. The van der Waals surface area contributed by atoms with Crippen molar-refractivity contribution < 1.29 is 13.9 Å². The Hall–Kier alpha value is -2.11. The molecule has 0 spiro atoms. The molecular weight excluding hydrogens is 355 g/mol. The first-order chi connectivity index (χ1) is 11.9. The number of nitrogens with two attached hydrogens (primary N) is 1. The van der Waals surface area contributed by atoms with Crippen molar-refractivity contribution in [3.05, 3.63) is 65.5 Å². The fourth-order valence-electron chi connectivity index (χ4n) is 2.27. The van der Waals surface area contributed by atoms with Gasteiger partial charge in [-0.05, 0) is 49.2 Å². The van der Waals surface area contributed by atoms with Gasteiger partial charge >= 0.3 is 0 Å². The first-order valence-corrected chi connectivity index (χ1v) is 8.40. The van der Waals surface area contributed by atoms with Crippen LogP contribution in [0.5, 0.6) is 5.75 Å². The SMILES string of the molecule is CC(NC(=O)C(C)C(C)N)c1ccc(OCc2ccc(F)cc2)cc1.Cl. The largest absolute Gasteiger partial charge is 0.489 e. The minimum Gasteiger partial charge on any atom is -0.489 e. The van der Waals surface area contributed by atoms with Crippen LogP contribution < -0.4 is 15.8 Å². The highest BCUT2D eigenvalue weighted by Gasteiger charge is 2.19. The maximum Gasteiger partial charge on any atom is 0.224 e. The summed E-state index contributed by atoms with van der Waals surface area (Å²) >= 11 is 0. The Bertz CT molecular complexity index is 690. The lowest BCUT2D eigenvalue weighted by Gasteiger charge is -2.20. The molecular formula is C20H26ClFN2O2. The predicted octanol–water partition coefficient (Wildman–Crippen LogP) is 3.99. The Morgan fingerprint density at radius 1 is 1.08 bits per heavy atom. The van der Waals surface area contributed by atoms with Gasteiger partial charge in [0.2, 0.25) is 5.91 Å². The van der Waals surface area contributed by atoms with Crippen molar-refractivity contribution in [3.8, 4) is 5.75 Å². The van der Waals surface area contributed by atoms with E-state index in [9.17, 15) is 9.18 Å². The van der Waals surface area contributed by atoms with Crippen LogP contribution in [0.4, 0.5) is 4.39 Å². The minimum absolute atomic E-state index is 0. The molecule has 0 saturated heterocycles. The summed E-state index contributed by atoms with van der Waals surface area (Å²) in [4.78, 5) is 12.1. The molecule has 26 heavy (non-hydrogen) atoms. The highest BCUT2D eigenvalue weighted by Crippen LogP contribution is 2.19. The number of halogens is 2. The van der Waals surface area contributed by atoms with Gasteiger partial charge in [0, 0.05) is 12.0 Å². The number of carbonyl (C=O) groups is 1. The molecule has 142 valence electrons. The third-order valence-electron chi connectivity index (χ3n) is 4.26. The van der Waals surface area contributed by atoms with Crippen LogP contribution in [0.2, 0.25) is 0 Å². The molecule has 3 N–H and O–H groups in total. The average molecular weight is 381 g/mol. The molecule has 2 rings (SSSR count). The third-order valence-corrected chi connectivity index (χ3v) is 4.26. The predicted molar refractivity (Wildman–Crippen MR) is 104 cm³/mol. The van der Waals surface area contributed by atoms with E-state index >= 15 is 0 Å². The van der Waals surface area contributed by atoms with Gasteiger partial charge in [-0.2, -0.15) is 0 Å². The Labute approximate surface area is 160 Å². The van der Waals surface area contributed by atoms with E-state index in [1.807, 2.05) is 45.0 Å². The van der Waals surface area contributed by atoms with E-state index in [1.165, 1.54) is 12.1 Å². The molecule has 6 heteroatoms. The second-order valence-electron chi connectivity index (χ2n) is 6.36. The van der Waals surface area contributed by atoms with Gasteiger partial charge < -0.3 is 15.8 Å². The van der Waals surface area contributed by atoms with Crippen LogP contribution in [0, 0.1) is 11.7 Å². The Morgan fingerprint density at radius 2 is 1.65 bits per heavy atom. The van der Waals surface area contributed by atoms with Crippen LogP contribution >= 0.6 is 12.4 Å². The number of carbonyl (C=O) groups excluding carboxylic acids is 1. The standard InChI is InChI=1S/C20H25FN2O2.ClH/c1-13(14(2)22)20(24)23-15(3)17-6-10-19(11-7-17)25-12-16-4-8-18(21)9-5-16;/h4-11,13-15H,12,22H2,1-3H3,(H,23,24);1H. The maximum absolute atomic E-state index is 12.9. The van der Waals surface area contributed by atoms with E-state index in [2.05, 4.69) is 5.32 Å². The molecule has 0 aliphatic rings. The van der Waals surface area contributed by atoms with Crippen molar-refractivity contribution in [1.82, 2.24) is 5.32 Å². The number of nitrogens with one attached hydrogen (secondary N) is 1. The Morgan fingerprint density at radius 3 is 2.19 bits per heavy atom. The van der Waals surface area contributed by atoms with Gasteiger partial charge in [0.25, 0.3) is 0 Å². The molecule has 0 heterocycles. The average Bonchev–Trinajstić information content (AvgIpc) is 2.60. The molecule has 1 amide bonds. The molecule has 0 aliphatic heterocycles. The summed E-state index contributed by atoms with van der Waals surface area (Å²) in [7, 11) is 0. The summed E-state index contributed by atoms with van der Waals surface area (Å²) in [5.41, 5.74) is 7.65. The van der Waals surface area contributed by atoms with Crippen LogP contribution in [0.15, 0.2) is 48.5 Å². The number of rotatable bonds is 7. The second kappa shape index (κ2) is 10.1. The van der Waals surface area contributed by atoms with E-state index in [0.717, 1.165) is 16.9 Å². The highest BCUT2D eigenvalue weighted by molar-refractivity contribution is 5.85. The zero-order chi connectivity index (χ0) is 18.4. The molecule has 0 aromatic heterocycles. The van der Waals surface area contributed by atoms with Gasteiger partial charge in [-0.15, -0.1) is 12.4 Å². The van der Waals surface area contributed by atoms with Crippen molar-refractivity contribution in [2.45, 2.75) is 39.5 Å². The van der Waals surface area contributed by atoms with Crippen LogP contribution in [0.3, 0.4) is 0 Å². The number of ether oxygens (including phenoxy) is 1. The molecule has 3 atom stereocenters. The first kappa shape index (κ1) is 21.9. The van der Waals surface area contributed by atoms with Crippen molar-refractivity contribution >= 4 is 18.3 Å². The fraction of sp³-hybridized carbons (Fsp3) is 0.350. The third kappa shape index (κ3) is 6.32. The van der Waals surface area contributed by atoms with Gasteiger partial charge in [-0.3, -0.25) is 4.79 Å². The lowest BCUT2D eigenvalue weighted by atomic mass is 10.0. The van der Waals surface area contributed by atoms with Crippen molar-refractivity contribution in [2.24, 2.45) is 11.7 Å². The number of amides is 1. The first-order valence-electron chi connectivity index (χ1n) is 8.40. The number of hydrogen-bond acceptors (Lipinski definition) is 3. The maximum atomic E-state index is 12.9. The number of hydrogen-bond donors (Lipinski definition) is 2. The van der Waals surface area contributed by atoms with Gasteiger partial charge in [0.1, 0.15) is 18.2 Å². The van der Waals surface area contributed by atoms with E-state index in [4.69, 9.17) is 10.5 Å². The Kier molecular flexibility index (Phi) is 8.55. The van der Waals surface area contributed by atoms with E-state index < -0.39 is 0 Å². The molecule has 0 bridgehead atoms. The van der Waals surface area contributed by atoms with Gasteiger partial charge in [-0.25, -0.2) is 4.39 Å². The lowest BCUT2D eigenvalue weighted by Crippen LogP contribution is -2.39. The van der Waals surface area contributed by atoms with E-state index in [0.29, 0.717) is 6.61 Å². The molecule has 2 aromatic carbocycles. The summed E-state index contributed by atoms with van der Waals surface area (Å²) < 4.78 is 18.6. The van der Waals surface area contributed by atoms with Gasteiger partial charge in [0.05, 0.1) is 6.04 Å². The Balaban J connectivity index is 0.00000338. The van der Waals surface area contributed by atoms with Crippen LogP contribution in [0.25, 0.3) is 0 Å². The monoisotopic (exact) mass is 380 g/mol. The molecule has 0 radical (unpaired) electrons. The molecule has 0 fully saturated rings. The van der Waals surface area contributed by atoms with Gasteiger partial charge in [-0.1, -0.05) is 31.2 Å². The van der Waals surface area contributed by atoms with Crippen LogP contribution in [0.1, 0.15) is 37.9 Å². The van der Waals surface area contributed by atoms with Crippen LogP contribution in [-0.4, -0.2) is 11.9 Å². The minimum atomic E-state index is -0.262. The molecule has 2 aromatic rings. The normalized spacial score (nSPS) is 13.9. The molecule has 3 unspecified atom stereocenters. The van der Waals surface area contributed by atoms with Gasteiger partial charge in [0.15, 0.2) is 0 Å². The quantitative estimate of drug-likeness (QED) is 0.763. The van der Waals surface area contributed by atoms with Crippen LogP contribution in [-0.2, 0) is 11.4 Å². The summed E-state index contributed by atoms with van der Waals surface area (Å²) in [5, 5.41) is 2.96. The lowest BCUT2D eigenvalue weighted by molar-refractivity contribution is -0.125. The molecule has 0 aliphatic carbocycles. The summed E-state index contributed by atoms with van der Waals surface area (Å²) in [6.07, 6.45) is 0. The summed E-state index contributed by atoms with van der Waals surface area (Å²) in [6, 6.07) is 13.5. The topological polar surface area (TPSA) is 64.4 Å². The van der Waals surface area contributed by atoms with Crippen molar-refractivity contribution in [2.75, 3.05) is 0 Å². The van der Waals surface area contributed by atoms with Crippen molar-refractivity contribution in [3.63, 3.8) is 0 Å². The second-order valence-corrected chi connectivity index (χ2v) is 6.36. The van der Waals surface area contributed by atoms with Crippen molar-refractivity contribution in [1.29, 1.82) is 0 Å². The smallest absolute Gasteiger partial charge is 0.224 e. The fourth-order valence-corrected chi connectivity index (χ4v) is 2.27.